The quantitative estimate of drug-likeness (QED) is 0.767. The Morgan fingerprint density at radius 3 is 3.00 bits per heavy atom. The van der Waals surface area contributed by atoms with Crippen LogP contribution >= 0.6 is 11.6 Å². The molecule has 1 fully saturated rings. The van der Waals surface area contributed by atoms with Gasteiger partial charge in [0.2, 0.25) is 5.91 Å². The van der Waals surface area contributed by atoms with Crippen molar-refractivity contribution in [2.75, 3.05) is 31.6 Å². The second-order valence-corrected chi connectivity index (χ2v) is 4.58. The summed E-state index contributed by atoms with van der Waals surface area (Å²) < 4.78 is 0. The van der Waals surface area contributed by atoms with Crippen LogP contribution in [0.3, 0.4) is 0 Å². The molecule has 5 nitrogen and oxygen atoms in total. The van der Waals surface area contributed by atoms with Gasteiger partial charge < -0.3 is 9.80 Å². The van der Waals surface area contributed by atoms with Crippen molar-refractivity contribution in [2.24, 2.45) is 0 Å². The maximum atomic E-state index is 11.8. The van der Waals surface area contributed by atoms with E-state index in [2.05, 4.69) is 4.98 Å². The van der Waals surface area contributed by atoms with Crippen LogP contribution in [0.2, 0.25) is 5.02 Å². The van der Waals surface area contributed by atoms with Crippen molar-refractivity contribution in [2.45, 2.75) is 6.42 Å². The lowest BCUT2D eigenvalue weighted by Gasteiger charge is -2.21. The van der Waals surface area contributed by atoms with Crippen molar-refractivity contribution in [3.05, 3.63) is 22.8 Å². The van der Waals surface area contributed by atoms with E-state index in [9.17, 15) is 4.79 Å². The van der Waals surface area contributed by atoms with Crippen LogP contribution in [-0.4, -0.2) is 42.5 Å². The highest BCUT2D eigenvalue weighted by molar-refractivity contribution is 6.34. The largest absolute Gasteiger partial charge is 0.346 e. The molecule has 2 heterocycles. The second kappa shape index (κ2) is 5.23. The topological polar surface area (TPSA) is 60.2 Å². The lowest BCUT2D eigenvalue weighted by Crippen LogP contribution is -2.34. The maximum Gasteiger partial charge on any atom is 0.241 e. The van der Waals surface area contributed by atoms with Crippen molar-refractivity contribution in [3.8, 4) is 6.07 Å². The van der Waals surface area contributed by atoms with Crippen molar-refractivity contribution in [1.29, 1.82) is 5.26 Å². The first-order valence-corrected chi connectivity index (χ1v) is 6.05. The van der Waals surface area contributed by atoms with Crippen molar-refractivity contribution < 1.29 is 4.79 Å². The Morgan fingerprint density at radius 2 is 2.28 bits per heavy atom. The van der Waals surface area contributed by atoms with Crippen LogP contribution in [0.5, 0.6) is 0 Å². The normalized spacial score (nSPS) is 16.4. The van der Waals surface area contributed by atoms with E-state index in [1.165, 1.54) is 0 Å². The Labute approximate surface area is 111 Å². The number of hydrogen-bond donors (Lipinski definition) is 0. The average Bonchev–Trinajstić information content (AvgIpc) is 2.52. The van der Waals surface area contributed by atoms with Crippen LogP contribution in [0.1, 0.15) is 12.0 Å². The predicted octanol–water partition coefficient (Wildman–Crippen LogP) is 1.28. The van der Waals surface area contributed by atoms with E-state index in [0.29, 0.717) is 22.9 Å². The zero-order valence-electron chi connectivity index (χ0n) is 10.1. The van der Waals surface area contributed by atoms with E-state index in [1.807, 2.05) is 11.0 Å². The summed E-state index contributed by atoms with van der Waals surface area (Å²) in [6.07, 6.45) is 2.40. The number of pyridine rings is 1. The van der Waals surface area contributed by atoms with Gasteiger partial charge in [0.05, 0.1) is 12.1 Å². The van der Waals surface area contributed by atoms with Gasteiger partial charge in [0.25, 0.3) is 0 Å². The second-order valence-electron chi connectivity index (χ2n) is 4.20. The SMILES string of the molecule is CN1CCCN(c2nccc(C#N)c2Cl)CC1=O. The lowest BCUT2D eigenvalue weighted by atomic mass is 10.2. The summed E-state index contributed by atoms with van der Waals surface area (Å²) in [5, 5.41) is 9.25. The number of hydrogen-bond acceptors (Lipinski definition) is 4. The summed E-state index contributed by atoms with van der Waals surface area (Å²) in [7, 11) is 1.78. The first-order chi connectivity index (χ1) is 8.63. The molecular weight excluding hydrogens is 252 g/mol. The molecule has 0 saturated carbocycles. The number of carbonyl (C=O) groups is 1. The smallest absolute Gasteiger partial charge is 0.241 e. The molecule has 0 bridgehead atoms. The number of carbonyl (C=O) groups excluding carboxylic acids is 1. The third kappa shape index (κ3) is 2.39. The van der Waals surface area contributed by atoms with Crippen LogP contribution in [-0.2, 0) is 4.79 Å². The Morgan fingerprint density at radius 1 is 1.50 bits per heavy atom. The molecule has 18 heavy (non-hydrogen) atoms. The molecule has 0 spiro atoms. The van der Waals surface area contributed by atoms with Gasteiger partial charge in [-0.25, -0.2) is 4.98 Å². The zero-order valence-corrected chi connectivity index (χ0v) is 10.8. The Kier molecular flexibility index (Phi) is 3.68. The molecule has 1 aromatic heterocycles. The third-order valence-corrected chi connectivity index (χ3v) is 3.34. The summed E-state index contributed by atoms with van der Waals surface area (Å²) in [6.45, 7) is 1.68. The van der Waals surface area contributed by atoms with Gasteiger partial charge in [-0.15, -0.1) is 0 Å². The number of amides is 1. The molecule has 94 valence electrons. The molecule has 6 heteroatoms. The number of halogens is 1. The van der Waals surface area contributed by atoms with Gasteiger partial charge in [-0.2, -0.15) is 5.26 Å². The number of nitrogens with zero attached hydrogens (tertiary/aromatic N) is 4. The van der Waals surface area contributed by atoms with Crippen molar-refractivity contribution >= 4 is 23.3 Å². The molecule has 1 aliphatic rings. The molecular formula is C12H13ClN4O. The summed E-state index contributed by atoms with van der Waals surface area (Å²) in [5.41, 5.74) is 0.381. The number of nitriles is 1. The van der Waals surface area contributed by atoms with E-state index in [-0.39, 0.29) is 12.5 Å². The van der Waals surface area contributed by atoms with Crippen LogP contribution in [0.25, 0.3) is 0 Å². The minimum absolute atomic E-state index is 0.0349. The molecule has 0 N–H and O–H groups in total. The molecule has 1 aromatic rings. The molecule has 1 amide bonds. The molecule has 0 unspecified atom stereocenters. The molecule has 2 rings (SSSR count). The van der Waals surface area contributed by atoms with Gasteiger partial charge >= 0.3 is 0 Å². The highest BCUT2D eigenvalue weighted by atomic mass is 35.5. The number of likely N-dealkylation sites (N-methyl/N-ethyl adjacent to an activating group) is 1. The fraction of sp³-hybridized carbons (Fsp3) is 0.417. The van der Waals surface area contributed by atoms with Gasteiger partial charge in [0.15, 0.2) is 0 Å². The lowest BCUT2D eigenvalue weighted by molar-refractivity contribution is -0.127. The first kappa shape index (κ1) is 12.7. The van der Waals surface area contributed by atoms with E-state index < -0.39 is 0 Å². The molecule has 0 radical (unpaired) electrons. The van der Waals surface area contributed by atoms with Crippen LogP contribution in [0, 0.1) is 11.3 Å². The molecule has 1 aliphatic heterocycles. The van der Waals surface area contributed by atoms with Crippen LogP contribution in [0.15, 0.2) is 12.3 Å². The standard InChI is InChI=1S/C12H13ClN4O/c1-16-5-2-6-17(8-10(16)18)12-11(13)9(7-14)3-4-15-12/h3-4H,2,5-6,8H2,1H3. The van der Waals surface area contributed by atoms with Gasteiger partial charge in [-0.1, -0.05) is 11.6 Å². The number of rotatable bonds is 1. The Balaban J connectivity index is 2.31. The van der Waals surface area contributed by atoms with Crippen molar-refractivity contribution in [3.63, 3.8) is 0 Å². The van der Waals surface area contributed by atoms with Crippen molar-refractivity contribution in [1.82, 2.24) is 9.88 Å². The van der Waals surface area contributed by atoms with E-state index >= 15 is 0 Å². The minimum Gasteiger partial charge on any atom is -0.346 e. The number of anilines is 1. The van der Waals surface area contributed by atoms with Gasteiger partial charge in [0.1, 0.15) is 16.9 Å². The van der Waals surface area contributed by atoms with Gasteiger partial charge in [-0.05, 0) is 12.5 Å². The molecule has 0 aromatic carbocycles. The minimum atomic E-state index is 0.0349. The highest BCUT2D eigenvalue weighted by Gasteiger charge is 2.22. The Hall–Kier alpha value is -1.80. The van der Waals surface area contributed by atoms with E-state index in [4.69, 9.17) is 16.9 Å². The van der Waals surface area contributed by atoms with E-state index in [1.54, 1.807) is 24.2 Å². The summed E-state index contributed by atoms with van der Waals surface area (Å²) >= 11 is 6.13. The molecule has 0 atom stereocenters. The maximum absolute atomic E-state index is 11.8. The third-order valence-electron chi connectivity index (χ3n) is 2.96. The fourth-order valence-electron chi connectivity index (χ4n) is 1.91. The number of aromatic nitrogens is 1. The zero-order chi connectivity index (χ0) is 13.1. The van der Waals surface area contributed by atoms with Gasteiger partial charge in [0, 0.05) is 26.3 Å². The van der Waals surface area contributed by atoms with Crippen LogP contribution in [0.4, 0.5) is 5.82 Å². The molecule has 1 saturated heterocycles. The predicted molar refractivity (Wildman–Crippen MR) is 68.4 cm³/mol. The monoisotopic (exact) mass is 264 g/mol. The Bertz CT molecular complexity index is 511. The summed E-state index contributed by atoms with van der Waals surface area (Å²) in [4.78, 5) is 19.5. The highest BCUT2D eigenvalue weighted by Crippen LogP contribution is 2.27. The van der Waals surface area contributed by atoms with Crippen LogP contribution < -0.4 is 4.90 Å². The first-order valence-electron chi connectivity index (χ1n) is 5.67. The van der Waals surface area contributed by atoms with E-state index in [0.717, 1.165) is 13.0 Å². The average molecular weight is 265 g/mol. The molecule has 0 aliphatic carbocycles. The fourth-order valence-corrected chi connectivity index (χ4v) is 2.18. The van der Waals surface area contributed by atoms with Gasteiger partial charge in [-0.3, -0.25) is 4.79 Å². The summed E-state index contributed by atoms with van der Waals surface area (Å²) in [5.74, 6) is 0.548. The summed E-state index contributed by atoms with van der Waals surface area (Å²) in [6, 6.07) is 3.58.